The number of nitrogens with one attached hydrogen (secondary N) is 2. The molecule has 0 bridgehead atoms. The summed E-state index contributed by atoms with van der Waals surface area (Å²) in [6, 6.07) is 8.75. The van der Waals surface area contributed by atoms with Gasteiger partial charge in [-0.1, -0.05) is 32.0 Å². The Balaban J connectivity index is 2.19. The van der Waals surface area contributed by atoms with Crippen LogP contribution in [0, 0.1) is 5.92 Å². The van der Waals surface area contributed by atoms with Gasteiger partial charge in [0.1, 0.15) is 5.75 Å². The van der Waals surface area contributed by atoms with Gasteiger partial charge in [0, 0.05) is 13.0 Å². The summed E-state index contributed by atoms with van der Waals surface area (Å²) in [5.74, 6) is 0.233. The van der Waals surface area contributed by atoms with Gasteiger partial charge in [-0.15, -0.1) is 4.98 Å². The quantitative estimate of drug-likeness (QED) is 0.802. The molecule has 2 rings (SSSR count). The van der Waals surface area contributed by atoms with Crippen molar-refractivity contribution in [2.75, 3.05) is 12.1 Å². The van der Waals surface area contributed by atoms with Crippen LogP contribution in [0.2, 0.25) is 0 Å². The van der Waals surface area contributed by atoms with Crippen molar-refractivity contribution >= 4 is 11.9 Å². The molecule has 0 saturated carbocycles. The minimum atomic E-state index is -0.624. The third-order valence-electron chi connectivity index (χ3n) is 2.69. The van der Waals surface area contributed by atoms with Gasteiger partial charge in [-0.3, -0.25) is 20.2 Å². The first-order valence-corrected chi connectivity index (χ1v) is 6.71. The van der Waals surface area contributed by atoms with E-state index in [2.05, 4.69) is 20.4 Å². The van der Waals surface area contributed by atoms with Gasteiger partial charge in [0.25, 0.3) is 0 Å². The Morgan fingerprint density at radius 1 is 1.27 bits per heavy atom. The number of ether oxygens (including phenoxy) is 1. The number of carbonyl (C=O) groups is 1. The number of amides is 1. The summed E-state index contributed by atoms with van der Waals surface area (Å²) in [5, 5.41) is 1.31. The lowest BCUT2D eigenvalue weighted by molar-refractivity contribution is -0.124. The number of benzene rings is 1. The number of nitrogens with zero attached hydrogens (tertiary/aromatic N) is 3. The largest absolute Gasteiger partial charge is 0.424 e. The number of rotatable bonds is 5. The van der Waals surface area contributed by atoms with Crippen molar-refractivity contribution in [3.05, 3.63) is 40.8 Å². The fraction of sp³-hybridized carbons (Fsp3) is 0.286. The van der Waals surface area contributed by atoms with Gasteiger partial charge >= 0.3 is 11.7 Å². The lowest BCUT2D eigenvalue weighted by Crippen LogP contribution is -2.43. The minimum absolute atomic E-state index is 0.101. The second-order valence-electron chi connectivity index (χ2n) is 4.86. The summed E-state index contributed by atoms with van der Waals surface area (Å²) >= 11 is 0. The van der Waals surface area contributed by atoms with Gasteiger partial charge in [-0.05, 0) is 12.1 Å². The van der Waals surface area contributed by atoms with Gasteiger partial charge < -0.3 is 4.74 Å². The summed E-state index contributed by atoms with van der Waals surface area (Å²) in [7, 11) is 1.56. The van der Waals surface area contributed by atoms with Crippen LogP contribution < -0.4 is 20.9 Å². The molecular weight excluding hydrogens is 286 g/mol. The molecule has 1 heterocycles. The van der Waals surface area contributed by atoms with E-state index in [0.717, 1.165) is 0 Å². The van der Waals surface area contributed by atoms with E-state index in [0.29, 0.717) is 5.75 Å². The Morgan fingerprint density at radius 3 is 2.59 bits per heavy atom. The standard InChI is InChI=1S/C14H17N5O3/c1-9(2)11(20)18-19(3)12-15-13(21)17-14(16-12)22-10-7-5-4-6-8-10/h4-9H,1-3H3,(H,18,20)(H,15,16,17,21). The van der Waals surface area contributed by atoms with E-state index in [1.807, 2.05) is 6.07 Å². The molecule has 22 heavy (non-hydrogen) atoms. The van der Waals surface area contributed by atoms with Crippen LogP contribution in [0.25, 0.3) is 0 Å². The molecule has 2 aromatic rings. The summed E-state index contributed by atoms with van der Waals surface area (Å²) in [6.45, 7) is 3.52. The Morgan fingerprint density at radius 2 is 1.95 bits per heavy atom. The molecule has 116 valence electrons. The molecule has 0 atom stereocenters. The molecule has 0 aliphatic rings. The summed E-state index contributed by atoms with van der Waals surface area (Å²) in [4.78, 5) is 33.4. The Labute approximate surface area is 127 Å². The average Bonchev–Trinajstić information content (AvgIpc) is 2.47. The number of anilines is 1. The average molecular weight is 303 g/mol. The maximum Gasteiger partial charge on any atom is 0.352 e. The predicted molar refractivity (Wildman–Crippen MR) is 80.6 cm³/mol. The normalized spacial score (nSPS) is 10.4. The second-order valence-corrected chi connectivity index (χ2v) is 4.86. The molecule has 0 fully saturated rings. The highest BCUT2D eigenvalue weighted by Crippen LogP contribution is 2.16. The third kappa shape index (κ3) is 4.05. The number of hydrazine groups is 1. The number of para-hydroxylation sites is 1. The zero-order valence-corrected chi connectivity index (χ0v) is 12.5. The van der Waals surface area contributed by atoms with Crippen molar-refractivity contribution in [2.24, 2.45) is 5.92 Å². The Kier molecular flexibility index (Phi) is 4.72. The third-order valence-corrected chi connectivity index (χ3v) is 2.69. The van der Waals surface area contributed by atoms with Crippen LogP contribution in [0.1, 0.15) is 13.8 Å². The van der Waals surface area contributed by atoms with E-state index in [1.54, 1.807) is 45.2 Å². The van der Waals surface area contributed by atoms with Crippen molar-refractivity contribution < 1.29 is 9.53 Å². The monoisotopic (exact) mass is 303 g/mol. The fourth-order valence-corrected chi connectivity index (χ4v) is 1.50. The van der Waals surface area contributed by atoms with E-state index in [-0.39, 0.29) is 23.8 Å². The van der Waals surface area contributed by atoms with Crippen LogP contribution in [0.4, 0.5) is 5.95 Å². The van der Waals surface area contributed by atoms with Crippen LogP contribution >= 0.6 is 0 Å². The second kappa shape index (κ2) is 6.70. The first-order valence-electron chi connectivity index (χ1n) is 6.71. The molecule has 0 aliphatic carbocycles. The molecule has 8 heteroatoms. The molecule has 1 aromatic heterocycles. The van der Waals surface area contributed by atoms with Crippen molar-refractivity contribution in [1.29, 1.82) is 0 Å². The highest BCUT2D eigenvalue weighted by Gasteiger charge is 2.13. The maximum atomic E-state index is 11.7. The fourth-order valence-electron chi connectivity index (χ4n) is 1.50. The van der Waals surface area contributed by atoms with Gasteiger partial charge in [0.15, 0.2) is 0 Å². The zero-order chi connectivity index (χ0) is 16.1. The number of carbonyl (C=O) groups excluding carboxylic acids is 1. The highest BCUT2D eigenvalue weighted by molar-refractivity contribution is 5.79. The topological polar surface area (TPSA) is 100 Å². The summed E-state index contributed by atoms with van der Waals surface area (Å²) < 4.78 is 5.42. The number of aromatic nitrogens is 3. The van der Waals surface area contributed by atoms with E-state index < -0.39 is 5.69 Å². The van der Waals surface area contributed by atoms with Crippen LogP contribution in [-0.4, -0.2) is 27.9 Å². The van der Waals surface area contributed by atoms with Gasteiger partial charge in [0.2, 0.25) is 11.9 Å². The van der Waals surface area contributed by atoms with E-state index >= 15 is 0 Å². The van der Waals surface area contributed by atoms with E-state index in [1.165, 1.54) is 5.01 Å². The van der Waals surface area contributed by atoms with Crippen molar-refractivity contribution in [3.8, 4) is 11.8 Å². The lowest BCUT2D eigenvalue weighted by atomic mass is 10.2. The zero-order valence-electron chi connectivity index (χ0n) is 12.5. The van der Waals surface area contributed by atoms with Crippen LogP contribution in [0.5, 0.6) is 11.8 Å². The van der Waals surface area contributed by atoms with Gasteiger partial charge in [-0.25, -0.2) is 4.79 Å². The van der Waals surface area contributed by atoms with Crippen LogP contribution in [-0.2, 0) is 4.79 Å². The molecule has 0 unspecified atom stereocenters. The van der Waals surface area contributed by atoms with Gasteiger partial charge in [0.05, 0.1) is 0 Å². The number of hydrogen-bond donors (Lipinski definition) is 2. The molecule has 0 spiro atoms. The van der Waals surface area contributed by atoms with E-state index in [4.69, 9.17) is 4.74 Å². The molecule has 0 saturated heterocycles. The number of hydrogen-bond acceptors (Lipinski definition) is 6. The molecule has 8 nitrogen and oxygen atoms in total. The molecule has 0 aliphatic heterocycles. The maximum absolute atomic E-state index is 11.7. The first-order chi connectivity index (χ1) is 10.5. The van der Waals surface area contributed by atoms with Crippen LogP contribution in [0.3, 0.4) is 0 Å². The number of aromatic amines is 1. The van der Waals surface area contributed by atoms with Crippen molar-refractivity contribution in [2.45, 2.75) is 13.8 Å². The molecule has 1 aromatic carbocycles. The molecular formula is C14H17N5O3. The minimum Gasteiger partial charge on any atom is -0.424 e. The number of H-pyrrole nitrogens is 1. The van der Waals surface area contributed by atoms with Gasteiger partial charge in [-0.2, -0.15) is 4.98 Å². The smallest absolute Gasteiger partial charge is 0.352 e. The SMILES string of the molecule is CC(C)C(=O)NN(C)c1nc(Oc2ccccc2)nc(=O)[nH]1. The summed E-state index contributed by atoms with van der Waals surface area (Å²) in [5.41, 5.74) is 1.97. The van der Waals surface area contributed by atoms with Crippen molar-refractivity contribution in [1.82, 2.24) is 20.4 Å². The first kappa shape index (κ1) is 15.5. The molecule has 2 N–H and O–H groups in total. The Bertz CT molecular complexity index is 699. The molecule has 1 amide bonds. The highest BCUT2D eigenvalue weighted by atomic mass is 16.5. The predicted octanol–water partition coefficient (Wildman–Crippen LogP) is 1.08. The lowest BCUT2D eigenvalue weighted by Gasteiger charge is -2.19. The summed E-state index contributed by atoms with van der Waals surface area (Å²) in [6.07, 6.45) is 0. The Hall–Kier alpha value is -2.90. The molecule has 0 radical (unpaired) electrons. The van der Waals surface area contributed by atoms with E-state index in [9.17, 15) is 9.59 Å². The van der Waals surface area contributed by atoms with Crippen molar-refractivity contribution in [3.63, 3.8) is 0 Å². The van der Waals surface area contributed by atoms with Crippen LogP contribution in [0.15, 0.2) is 35.1 Å².